The van der Waals surface area contributed by atoms with Gasteiger partial charge in [0.1, 0.15) is 12.4 Å². The number of rotatable bonds is 7. The Hall–Kier alpha value is -3.98. The van der Waals surface area contributed by atoms with E-state index >= 15 is 0 Å². The lowest BCUT2D eigenvalue weighted by atomic mass is 9.79. The minimum atomic E-state index is -1.41. The molecule has 0 unspecified atom stereocenters. The number of likely N-dealkylation sites (tertiary alicyclic amines) is 1. The van der Waals surface area contributed by atoms with Crippen LogP contribution in [0.2, 0.25) is 0 Å². The Balaban J connectivity index is 1.50. The molecule has 0 bridgehead atoms. The Morgan fingerprint density at radius 2 is 1.92 bits per heavy atom. The number of benzene rings is 3. The number of hydrogen-bond donors (Lipinski definition) is 1. The van der Waals surface area contributed by atoms with Crippen LogP contribution in [0.5, 0.6) is 11.5 Å². The minimum Gasteiger partial charge on any atom is -0.490 e. The summed E-state index contributed by atoms with van der Waals surface area (Å²) in [7, 11) is 1.75. The maximum atomic E-state index is 13.5. The molecule has 9 heteroatoms. The summed E-state index contributed by atoms with van der Waals surface area (Å²) < 4.78 is 25.2. The number of nitrogens with zero attached hydrogens (tertiary/aromatic N) is 2. The summed E-state index contributed by atoms with van der Waals surface area (Å²) in [6, 6.07) is 17.3. The number of nitrogens with one attached hydrogen (secondary N) is 1. The van der Waals surface area contributed by atoms with Crippen LogP contribution in [0.15, 0.2) is 66.7 Å². The fraction of sp³-hybridized carbons (Fsp3) is 0.296. The minimum absolute atomic E-state index is 0.140. The Bertz CT molecular complexity index is 1330. The molecule has 186 valence electrons. The molecule has 0 aliphatic carbocycles. The van der Waals surface area contributed by atoms with Gasteiger partial charge in [-0.3, -0.25) is 19.8 Å². The zero-order valence-electron chi connectivity index (χ0n) is 19.9. The van der Waals surface area contributed by atoms with Crippen LogP contribution in [0, 0.1) is 15.9 Å². The van der Waals surface area contributed by atoms with Crippen molar-refractivity contribution in [2.45, 2.75) is 31.0 Å². The molecule has 2 aliphatic heterocycles. The topological polar surface area (TPSA) is 93.9 Å². The van der Waals surface area contributed by atoms with Gasteiger partial charge in [-0.2, -0.15) is 0 Å². The third-order valence-corrected chi connectivity index (χ3v) is 7.02. The van der Waals surface area contributed by atoms with Gasteiger partial charge in [0.15, 0.2) is 17.0 Å². The van der Waals surface area contributed by atoms with E-state index in [1.54, 1.807) is 66.5 Å². The molecule has 2 heterocycles. The van der Waals surface area contributed by atoms with Crippen molar-refractivity contribution in [3.05, 3.63) is 99.4 Å². The second-order valence-corrected chi connectivity index (χ2v) is 9.04. The number of anilines is 1. The molecule has 0 aromatic heterocycles. The van der Waals surface area contributed by atoms with E-state index in [1.807, 2.05) is 6.92 Å². The Morgan fingerprint density at radius 3 is 2.67 bits per heavy atom. The molecule has 0 saturated carbocycles. The van der Waals surface area contributed by atoms with Crippen molar-refractivity contribution in [3.63, 3.8) is 0 Å². The van der Waals surface area contributed by atoms with Gasteiger partial charge < -0.3 is 14.8 Å². The van der Waals surface area contributed by atoms with E-state index in [-0.39, 0.29) is 17.3 Å². The number of carbonyl (C=O) groups is 1. The molecule has 1 saturated heterocycles. The highest BCUT2D eigenvalue weighted by Crippen LogP contribution is 2.52. The first kappa shape index (κ1) is 23.7. The fourth-order valence-electron chi connectivity index (χ4n) is 5.51. The number of amides is 1. The first-order valence-corrected chi connectivity index (χ1v) is 11.8. The predicted octanol–water partition coefficient (Wildman–Crippen LogP) is 4.33. The van der Waals surface area contributed by atoms with E-state index in [1.165, 1.54) is 12.1 Å². The highest BCUT2D eigenvalue weighted by atomic mass is 19.1. The standard InChI is InChI=1S/C27H26FN3O5/c1-3-35-24-14-18(11-12-23(24)36-16-17-7-6-8-19(28)13-17)20-15-30(2)27(25(20)31(33)34)21-9-4-5-10-22(21)29-26(27)32/h4-14,20,25H,3,15-16H2,1-2H3,(H,29,32)/t20-,25+,27+/m0/s1. The maximum Gasteiger partial charge on any atom is 0.256 e. The summed E-state index contributed by atoms with van der Waals surface area (Å²) in [4.78, 5) is 27.3. The van der Waals surface area contributed by atoms with Crippen molar-refractivity contribution in [1.82, 2.24) is 4.90 Å². The number of likely N-dealkylation sites (N-methyl/N-ethyl adjacent to an activating group) is 1. The van der Waals surface area contributed by atoms with Crippen molar-refractivity contribution in [2.24, 2.45) is 0 Å². The Kier molecular flexibility index (Phi) is 6.09. The van der Waals surface area contributed by atoms with E-state index in [9.17, 15) is 19.3 Å². The Morgan fingerprint density at radius 1 is 1.11 bits per heavy atom. The summed E-state index contributed by atoms with van der Waals surface area (Å²) >= 11 is 0. The van der Waals surface area contributed by atoms with Gasteiger partial charge in [0.05, 0.1) is 12.5 Å². The van der Waals surface area contributed by atoms with E-state index in [4.69, 9.17) is 9.47 Å². The molecule has 1 N–H and O–H groups in total. The van der Waals surface area contributed by atoms with E-state index in [0.717, 1.165) is 0 Å². The van der Waals surface area contributed by atoms with Gasteiger partial charge in [-0.05, 0) is 55.4 Å². The van der Waals surface area contributed by atoms with Gasteiger partial charge in [-0.25, -0.2) is 4.39 Å². The summed E-state index contributed by atoms with van der Waals surface area (Å²) in [5.74, 6) is -0.422. The van der Waals surface area contributed by atoms with Crippen LogP contribution in [0.1, 0.15) is 29.5 Å². The smallest absolute Gasteiger partial charge is 0.256 e. The number of hydrogen-bond acceptors (Lipinski definition) is 6. The number of carbonyl (C=O) groups excluding carboxylic acids is 1. The normalized spacial score (nSPS) is 22.9. The molecule has 8 nitrogen and oxygen atoms in total. The lowest BCUT2D eigenvalue weighted by Crippen LogP contribution is -2.54. The lowest BCUT2D eigenvalue weighted by molar-refractivity contribution is -0.534. The summed E-state index contributed by atoms with van der Waals surface area (Å²) in [5, 5.41) is 15.4. The summed E-state index contributed by atoms with van der Waals surface area (Å²) in [6.07, 6.45) is 0. The van der Waals surface area contributed by atoms with Crippen molar-refractivity contribution in [1.29, 1.82) is 0 Å². The summed E-state index contributed by atoms with van der Waals surface area (Å²) in [5.41, 5.74) is 1.14. The van der Waals surface area contributed by atoms with Gasteiger partial charge in [-0.1, -0.05) is 36.4 Å². The second-order valence-electron chi connectivity index (χ2n) is 9.04. The molecular weight excluding hydrogens is 465 g/mol. The predicted molar refractivity (Wildman–Crippen MR) is 131 cm³/mol. The SMILES string of the molecule is CCOc1cc([C@@H]2CN(C)[C@@]3(C(=O)Nc4ccccc43)[C@@H]2[N+](=O)[O-])ccc1OCc1cccc(F)c1. The van der Waals surface area contributed by atoms with Gasteiger partial charge in [-0.15, -0.1) is 0 Å². The average molecular weight is 492 g/mol. The molecular formula is C27H26FN3O5. The van der Waals surface area contributed by atoms with Crippen molar-refractivity contribution >= 4 is 11.6 Å². The van der Waals surface area contributed by atoms with E-state index in [2.05, 4.69) is 5.32 Å². The van der Waals surface area contributed by atoms with E-state index in [0.29, 0.717) is 47.0 Å². The van der Waals surface area contributed by atoms with E-state index < -0.39 is 23.4 Å². The third-order valence-electron chi connectivity index (χ3n) is 7.02. The van der Waals surface area contributed by atoms with Crippen LogP contribution in [0.3, 0.4) is 0 Å². The molecule has 1 fully saturated rings. The molecule has 36 heavy (non-hydrogen) atoms. The number of nitro groups is 1. The zero-order valence-corrected chi connectivity index (χ0v) is 19.9. The first-order chi connectivity index (χ1) is 17.4. The number of fused-ring (bicyclic) bond motifs is 2. The lowest BCUT2D eigenvalue weighted by Gasteiger charge is -2.30. The first-order valence-electron chi connectivity index (χ1n) is 11.8. The van der Waals surface area contributed by atoms with Crippen LogP contribution in [-0.4, -0.2) is 42.0 Å². The molecule has 0 radical (unpaired) electrons. The number of halogens is 1. The van der Waals surface area contributed by atoms with Crippen LogP contribution >= 0.6 is 0 Å². The van der Waals surface area contributed by atoms with Crippen LogP contribution in [0.4, 0.5) is 10.1 Å². The van der Waals surface area contributed by atoms with Gasteiger partial charge in [0.25, 0.3) is 11.9 Å². The summed E-state index contributed by atoms with van der Waals surface area (Å²) in [6.45, 7) is 2.65. The molecule has 3 aromatic carbocycles. The van der Waals surface area contributed by atoms with Gasteiger partial charge >= 0.3 is 0 Å². The number of ether oxygens (including phenoxy) is 2. The molecule has 1 spiro atoms. The van der Waals surface area contributed by atoms with Gasteiger partial charge in [0.2, 0.25) is 0 Å². The number of para-hydroxylation sites is 1. The highest BCUT2D eigenvalue weighted by Gasteiger charge is 2.68. The van der Waals surface area contributed by atoms with Crippen LogP contribution in [0.25, 0.3) is 0 Å². The molecule has 1 amide bonds. The fourth-order valence-corrected chi connectivity index (χ4v) is 5.51. The maximum absolute atomic E-state index is 13.5. The van der Waals surface area contributed by atoms with Crippen LogP contribution in [-0.2, 0) is 16.9 Å². The monoisotopic (exact) mass is 491 g/mol. The second kappa shape index (κ2) is 9.23. The zero-order chi connectivity index (χ0) is 25.4. The Labute approximate surface area is 207 Å². The largest absolute Gasteiger partial charge is 0.490 e. The van der Waals surface area contributed by atoms with Crippen molar-refractivity contribution in [2.75, 3.05) is 25.5 Å². The van der Waals surface area contributed by atoms with Crippen molar-refractivity contribution in [3.8, 4) is 11.5 Å². The molecule has 2 aliphatic rings. The quantitative estimate of drug-likeness (QED) is 0.391. The highest BCUT2D eigenvalue weighted by molar-refractivity contribution is 6.06. The van der Waals surface area contributed by atoms with Gasteiger partial charge in [0, 0.05) is 22.7 Å². The third kappa shape index (κ3) is 3.76. The molecule has 5 rings (SSSR count). The molecule has 3 aromatic rings. The molecule has 3 atom stereocenters. The van der Waals surface area contributed by atoms with Crippen molar-refractivity contribution < 1.29 is 23.6 Å². The van der Waals surface area contributed by atoms with Crippen LogP contribution < -0.4 is 14.8 Å². The average Bonchev–Trinajstić information content (AvgIpc) is 3.33.